The van der Waals surface area contributed by atoms with E-state index < -0.39 is 10.0 Å². The first kappa shape index (κ1) is 14.1. The monoisotopic (exact) mass is 307 g/mol. The fourth-order valence-corrected chi connectivity index (χ4v) is 3.43. The zero-order chi connectivity index (χ0) is 14.9. The zero-order valence-electron chi connectivity index (χ0n) is 11.4. The lowest BCUT2D eigenvalue weighted by Gasteiger charge is -2.11. The molecule has 112 valence electrons. The number of aromatic nitrogens is 1. The fraction of sp³-hybridized carbons (Fsp3) is 0.286. The molecule has 3 rings (SSSR count). The third-order valence-corrected chi connectivity index (χ3v) is 4.86. The Kier molecular flexibility index (Phi) is 3.71. The molecule has 0 bridgehead atoms. The number of hydrogen-bond acceptors (Lipinski definition) is 4. The molecule has 1 aliphatic rings. The van der Waals surface area contributed by atoms with Gasteiger partial charge in [-0.2, -0.15) is 0 Å². The third-order valence-electron chi connectivity index (χ3n) is 3.46. The summed E-state index contributed by atoms with van der Waals surface area (Å²) in [6.07, 6.45) is 1.97. The highest BCUT2D eigenvalue weighted by Crippen LogP contribution is 2.27. The maximum absolute atomic E-state index is 12.2. The smallest absolute Gasteiger partial charge is 0.242 e. The molecule has 0 spiro atoms. The van der Waals surface area contributed by atoms with Gasteiger partial charge in [0.25, 0.3) is 0 Å². The van der Waals surface area contributed by atoms with Crippen LogP contribution in [0.2, 0.25) is 0 Å². The van der Waals surface area contributed by atoms with E-state index in [1.807, 2.05) is 24.3 Å². The van der Waals surface area contributed by atoms with Crippen molar-refractivity contribution >= 4 is 10.0 Å². The van der Waals surface area contributed by atoms with Gasteiger partial charge in [-0.25, -0.2) is 13.1 Å². The molecule has 2 aromatic rings. The van der Waals surface area contributed by atoms with Crippen molar-refractivity contribution in [2.75, 3.05) is 6.54 Å². The predicted molar refractivity (Wildman–Crippen MR) is 78.4 cm³/mol. The van der Waals surface area contributed by atoms with Gasteiger partial charge in [-0.1, -0.05) is 18.2 Å². The summed E-state index contributed by atoms with van der Waals surface area (Å²) in [5.41, 5.74) is 7.25. The molecule has 1 aromatic carbocycles. The van der Waals surface area contributed by atoms with E-state index in [1.165, 1.54) is 12.3 Å². The van der Waals surface area contributed by atoms with Crippen LogP contribution in [0.4, 0.5) is 0 Å². The van der Waals surface area contributed by atoms with Crippen LogP contribution in [-0.2, 0) is 23.0 Å². The van der Waals surface area contributed by atoms with Gasteiger partial charge in [0.05, 0.1) is 4.90 Å². The van der Waals surface area contributed by atoms with Gasteiger partial charge in [-0.3, -0.25) is 0 Å². The molecular weight excluding hydrogens is 290 g/mol. The number of nitrogens with two attached hydrogens (primary N) is 1. The molecule has 1 unspecified atom stereocenters. The van der Waals surface area contributed by atoms with Crippen molar-refractivity contribution in [3.63, 3.8) is 0 Å². The standard InChI is InChI=1S/C14H17N3O3S/c15-7-11-6-13(9-16-11)21(18,19)17-8-12-5-10-3-1-2-4-14(10)20-12/h1-4,6,9,12,16-17H,5,7-8,15H2. The molecular formula is C14H17N3O3S. The molecule has 21 heavy (non-hydrogen) atoms. The van der Waals surface area contributed by atoms with Gasteiger partial charge in [0.2, 0.25) is 10.0 Å². The van der Waals surface area contributed by atoms with E-state index in [0.717, 1.165) is 11.3 Å². The maximum Gasteiger partial charge on any atom is 0.242 e. The summed E-state index contributed by atoms with van der Waals surface area (Å²) in [7, 11) is -3.54. The van der Waals surface area contributed by atoms with Crippen LogP contribution in [0.25, 0.3) is 0 Å². The summed E-state index contributed by atoms with van der Waals surface area (Å²) in [6, 6.07) is 9.27. The fourth-order valence-electron chi connectivity index (χ4n) is 2.35. The summed E-state index contributed by atoms with van der Waals surface area (Å²) in [6.45, 7) is 0.511. The van der Waals surface area contributed by atoms with Crippen LogP contribution in [-0.4, -0.2) is 26.1 Å². The first-order chi connectivity index (χ1) is 10.1. The Morgan fingerprint density at radius 3 is 2.90 bits per heavy atom. The molecule has 0 aliphatic carbocycles. The molecule has 1 aromatic heterocycles. The average molecular weight is 307 g/mol. The number of sulfonamides is 1. The van der Waals surface area contributed by atoms with Crippen molar-refractivity contribution in [2.24, 2.45) is 5.73 Å². The first-order valence-corrected chi connectivity index (χ1v) is 8.18. The van der Waals surface area contributed by atoms with Crippen LogP contribution < -0.4 is 15.2 Å². The molecule has 0 saturated heterocycles. The number of aromatic amines is 1. The number of hydrogen-bond donors (Lipinski definition) is 3. The Morgan fingerprint density at radius 1 is 1.38 bits per heavy atom. The van der Waals surface area contributed by atoms with Crippen molar-refractivity contribution in [1.82, 2.24) is 9.71 Å². The van der Waals surface area contributed by atoms with Crippen LogP contribution in [0.5, 0.6) is 5.75 Å². The van der Waals surface area contributed by atoms with Gasteiger partial charge in [0.1, 0.15) is 11.9 Å². The van der Waals surface area contributed by atoms with E-state index in [0.29, 0.717) is 12.1 Å². The highest BCUT2D eigenvalue weighted by molar-refractivity contribution is 7.89. The number of para-hydroxylation sites is 1. The Balaban J connectivity index is 1.63. The van der Waals surface area contributed by atoms with Gasteiger partial charge in [-0.05, 0) is 17.7 Å². The minimum Gasteiger partial charge on any atom is -0.488 e. The molecule has 0 saturated carbocycles. The maximum atomic E-state index is 12.2. The van der Waals surface area contributed by atoms with E-state index in [-0.39, 0.29) is 24.1 Å². The van der Waals surface area contributed by atoms with E-state index >= 15 is 0 Å². The van der Waals surface area contributed by atoms with Gasteiger partial charge < -0.3 is 15.5 Å². The van der Waals surface area contributed by atoms with E-state index in [4.69, 9.17) is 10.5 Å². The molecule has 1 atom stereocenters. The Labute approximate surface area is 123 Å². The van der Waals surface area contributed by atoms with Gasteiger partial charge in [0.15, 0.2) is 0 Å². The Hall–Kier alpha value is -1.83. The van der Waals surface area contributed by atoms with Gasteiger partial charge in [0, 0.05) is 31.4 Å². The summed E-state index contributed by atoms with van der Waals surface area (Å²) >= 11 is 0. The van der Waals surface area contributed by atoms with Crippen molar-refractivity contribution in [1.29, 1.82) is 0 Å². The summed E-state index contributed by atoms with van der Waals surface area (Å²) < 4.78 is 32.6. The van der Waals surface area contributed by atoms with Crippen LogP contribution in [0.3, 0.4) is 0 Å². The molecule has 4 N–H and O–H groups in total. The van der Waals surface area contributed by atoms with E-state index in [2.05, 4.69) is 9.71 Å². The summed E-state index contributed by atoms with van der Waals surface area (Å²) in [5.74, 6) is 0.828. The minimum absolute atomic E-state index is 0.176. The second-order valence-corrected chi connectivity index (χ2v) is 6.74. The quantitative estimate of drug-likeness (QED) is 0.759. The molecule has 7 heteroatoms. The topological polar surface area (TPSA) is 97.2 Å². The summed E-state index contributed by atoms with van der Waals surface area (Å²) in [5, 5.41) is 0. The number of rotatable bonds is 5. The van der Waals surface area contributed by atoms with E-state index in [1.54, 1.807) is 0 Å². The third kappa shape index (κ3) is 2.94. The zero-order valence-corrected chi connectivity index (χ0v) is 12.2. The Bertz CT molecular complexity index is 714. The second-order valence-electron chi connectivity index (χ2n) is 4.97. The first-order valence-electron chi connectivity index (χ1n) is 6.70. The minimum atomic E-state index is -3.54. The molecule has 1 aliphatic heterocycles. The molecule has 2 heterocycles. The second kappa shape index (κ2) is 5.51. The van der Waals surface area contributed by atoms with Crippen LogP contribution in [0.15, 0.2) is 41.4 Å². The van der Waals surface area contributed by atoms with Crippen molar-refractivity contribution in [2.45, 2.75) is 24.0 Å². The molecule has 0 amide bonds. The molecule has 6 nitrogen and oxygen atoms in total. The highest BCUT2D eigenvalue weighted by atomic mass is 32.2. The number of fused-ring (bicyclic) bond motifs is 1. The lowest BCUT2D eigenvalue weighted by atomic mass is 10.1. The highest BCUT2D eigenvalue weighted by Gasteiger charge is 2.24. The summed E-state index contributed by atoms with van der Waals surface area (Å²) in [4.78, 5) is 3.02. The SMILES string of the molecule is NCc1cc(S(=O)(=O)NCC2Cc3ccccc3O2)c[nH]1. The molecule has 0 radical (unpaired) electrons. The van der Waals surface area contributed by atoms with Crippen LogP contribution >= 0.6 is 0 Å². The average Bonchev–Trinajstić information content (AvgIpc) is 3.11. The predicted octanol–water partition coefficient (Wildman–Crippen LogP) is 0.755. The number of ether oxygens (including phenoxy) is 1. The number of benzene rings is 1. The van der Waals surface area contributed by atoms with E-state index in [9.17, 15) is 8.42 Å². The van der Waals surface area contributed by atoms with Crippen molar-refractivity contribution < 1.29 is 13.2 Å². The van der Waals surface area contributed by atoms with Crippen LogP contribution in [0, 0.1) is 0 Å². The van der Waals surface area contributed by atoms with Crippen molar-refractivity contribution in [3.05, 3.63) is 47.8 Å². The largest absolute Gasteiger partial charge is 0.488 e. The lowest BCUT2D eigenvalue weighted by Crippen LogP contribution is -2.34. The molecule has 0 fully saturated rings. The number of nitrogens with one attached hydrogen (secondary N) is 2. The van der Waals surface area contributed by atoms with Gasteiger partial charge >= 0.3 is 0 Å². The van der Waals surface area contributed by atoms with Gasteiger partial charge in [-0.15, -0.1) is 0 Å². The number of H-pyrrole nitrogens is 1. The van der Waals surface area contributed by atoms with Crippen molar-refractivity contribution in [3.8, 4) is 5.75 Å². The lowest BCUT2D eigenvalue weighted by molar-refractivity contribution is 0.236. The Morgan fingerprint density at radius 2 is 2.19 bits per heavy atom. The normalized spacial score (nSPS) is 17.5. The van der Waals surface area contributed by atoms with Crippen LogP contribution in [0.1, 0.15) is 11.3 Å².